The molecular weight excluding hydrogens is 585 g/mol. The zero-order valence-electron chi connectivity index (χ0n) is 25.7. The van der Waals surface area contributed by atoms with Crippen molar-refractivity contribution in [3.63, 3.8) is 0 Å². The molecule has 3 N–H and O–H groups in total. The molecule has 0 bridgehead atoms. The van der Waals surface area contributed by atoms with E-state index in [-0.39, 0.29) is 55.8 Å². The van der Waals surface area contributed by atoms with Gasteiger partial charge < -0.3 is 44.0 Å². The van der Waals surface area contributed by atoms with Gasteiger partial charge in [0.05, 0.1) is 12.2 Å². The average Bonchev–Trinajstić information content (AvgIpc) is 3.69. The fourth-order valence-corrected chi connectivity index (χ4v) is 6.23. The summed E-state index contributed by atoms with van der Waals surface area (Å²) in [5.74, 6) is 1.56. The van der Waals surface area contributed by atoms with Crippen LogP contribution in [-0.4, -0.2) is 55.1 Å². The molecule has 0 aliphatic carbocycles. The van der Waals surface area contributed by atoms with Crippen LogP contribution in [0.15, 0.2) is 42.5 Å². The number of aliphatic hydroxyl groups excluding tert-OH is 2. The Bertz CT molecular complexity index is 1510. The molecule has 1 amide bonds. The van der Waals surface area contributed by atoms with Gasteiger partial charge in [-0.1, -0.05) is 33.8 Å². The number of halogens is 1. The van der Waals surface area contributed by atoms with Gasteiger partial charge in [-0.25, -0.2) is 4.39 Å². The highest BCUT2D eigenvalue weighted by atomic mass is 19.1. The molecule has 3 aromatic carbocycles. The summed E-state index contributed by atoms with van der Waals surface area (Å²) >= 11 is 0. The zero-order chi connectivity index (χ0) is 31.9. The van der Waals surface area contributed by atoms with Crippen molar-refractivity contribution in [2.75, 3.05) is 32.1 Å². The van der Waals surface area contributed by atoms with Crippen LogP contribution in [-0.2, 0) is 10.2 Å². The van der Waals surface area contributed by atoms with Gasteiger partial charge >= 0.3 is 0 Å². The van der Waals surface area contributed by atoms with Gasteiger partial charge in [0.25, 0.3) is 0 Å². The van der Waals surface area contributed by atoms with Crippen molar-refractivity contribution in [3.05, 3.63) is 65.0 Å². The van der Waals surface area contributed by atoms with E-state index in [0.717, 1.165) is 0 Å². The van der Waals surface area contributed by atoms with Gasteiger partial charge in [0.15, 0.2) is 23.0 Å². The molecule has 11 heteroatoms. The summed E-state index contributed by atoms with van der Waals surface area (Å²) in [4.78, 5) is 14.5. The smallest absolute Gasteiger partial charge is 0.244 e. The van der Waals surface area contributed by atoms with Gasteiger partial charge in [-0.05, 0) is 48.9 Å². The Morgan fingerprint density at radius 2 is 1.22 bits per heavy atom. The van der Waals surface area contributed by atoms with Gasteiger partial charge in [0, 0.05) is 34.5 Å². The Labute approximate surface area is 261 Å². The number of aliphatic hydroxyl groups is 2. The van der Waals surface area contributed by atoms with E-state index in [0.29, 0.717) is 52.5 Å². The van der Waals surface area contributed by atoms with E-state index in [1.807, 2.05) is 27.7 Å². The number of benzene rings is 3. The summed E-state index contributed by atoms with van der Waals surface area (Å²) in [6, 6.07) is 10.7. The Kier molecular flexibility index (Phi) is 8.41. The molecule has 0 spiro atoms. The molecule has 3 aliphatic rings. The summed E-state index contributed by atoms with van der Waals surface area (Å²) in [6.45, 7) is 7.85. The molecule has 2 atom stereocenters. The zero-order valence-corrected chi connectivity index (χ0v) is 25.7. The number of hydrogen-bond acceptors (Lipinski definition) is 9. The third-order valence-electron chi connectivity index (χ3n) is 8.08. The first-order valence-electron chi connectivity index (χ1n) is 15.2. The Morgan fingerprint density at radius 1 is 0.756 bits per heavy atom. The van der Waals surface area contributed by atoms with E-state index in [9.17, 15) is 19.4 Å². The molecule has 0 radical (unpaired) electrons. The number of carbonyl (C=O) groups excluding carboxylic acids is 1. The number of ether oxygens (including phenoxy) is 6. The number of fused-ring (bicyclic) bond motifs is 3. The summed E-state index contributed by atoms with van der Waals surface area (Å²) in [5.41, 5.74) is -0.254. The highest BCUT2D eigenvalue weighted by molar-refractivity contribution is 6.12. The lowest BCUT2D eigenvalue weighted by Gasteiger charge is -2.33. The van der Waals surface area contributed by atoms with Crippen LogP contribution in [0.5, 0.6) is 34.5 Å². The maximum atomic E-state index is 14.6. The van der Waals surface area contributed by atoms with Crippen LogP contribution in [0.1, 0.15) is 57.2 Å². The van der Waals surface area contributed by atoms with Crippen molar-refractivity contribution in [1.82, 2.24) is 0 Å². The predicted molar refractivity (Wildman–Crippen MR) is 162 cm³/mol. The largest absolute Gasteiger partial charge is 0.490 e. The number of anilines is 1. The lowest BCUT2D eigenvalue weighted by Crippen LogP contribution is -2.38. The minimum Gasteiger partial charge on any atom is -0.490 e. The molecule has 3 aliphatic heterocycles. The second-order valence-electron chi connectivity index (χ2n) is 12.5. The predicted octanol–water partition coefficient (Wildman–Crippen LogP) is 5.14. The molecule has 45 heavy (non-hydrogen) atoms. The number of nitrogens with one attached hydrogen (secondary N) is 1. The Balaban J connectivity index is 1.57. The van der Waals surface area contributed by atoms with Crippen LogP contribution >= 0.6 is 0 Å². The highest BCUT2D eigenvalue weighted by Gasteiger charge is 2.54. The number of rotatable bonds is 12. The van der Waals surface area contributed by atoms with Crippen LogP contribution < -0.4 is 33.7 Å². The molecular formula is C34H38FNO9. The first-order valence-corrected chi connectivity index (χ1v) is 15.2. The van der Waals surface area contributed by atoms with Gasteiger partial charge in [-0.2, -0.15) is 0 Å². The molecule has 3 heterocycles. The van der Waals surface area contributed by atoms with Crippen LogP contribution in [0.25, 0.3) is 0 Å². The molecule has 0 aromatic heterocycles. The molecule has 0 saturated heterocycles. The second kappa shape index (κ2) is 12.3. The summed E-state index contributed by atoms with van der Waals surface area (Å²) in [6.07, 6.45) is -0.534. The van der Waals surface area contributed by atoms with Gasteiger partial charge in [0.2, 0.25) is 19.5 Å². The quantitative estimate of drug-likeness (QED) is 0.252. The van der Waals surface area contributed by atoms with E-state index < -0.39 is 29.3 Å². The fraction of sp³-hybridized carbons (Fsp3) is 0.441. The van der Waals surface area contributed by atoms with Crippen molar-refractivity contribution in [2.24, 2.45) is 11.8 Å². The lowest BCUT2D eigenvalue weighted by molar-refractivity contribution is -0.118. The van der Waals surface area contributed by atoms with Crippen molar-refractivity contribution in [1.29, 1.82) is 0 Å². The van der Waals surface area contributed by atoms with Crippen molar-refractivity contribution in [3.8, 4) is 34.5 Å². The number of carbonyl (C=O) groups is 1. The SMILES string of the molecule is CC(C)C[C@@H](O)COc1cc2c(cc1C1(c3cc4c(cc3OC[C@H](O)CC(C)C)OCO4)C(=O)Nc3cc(F)ccc31)OCO2. The van der Waals surface area contributed by atoms with Crippen molar-refractivity contribution >= 4 is 11.6 Å². The third kappa shape index (κ3) is 5.82. The van der Waals surface area contributed by atoms with E-state index in [4.69, 9.17) is 28.4 Å². The van der Waals surface area contributed by atoms with Gasteiger partial charge in [-0.3, -0.25) is 4.79 Å². The first kappa shape index (κ1) is 30.8. The van der Waals surface area contributed by atoms with Gasteiger partial charge in [-0.15, -0.1) is 0 Å². The first-order chi connectivity index (χ1) is 21.6. The Hall–Kier alpha value is -4.22. The summed E-state index contributed by atoms with van der Waals surface area (Å²) < 4.78 is 49.9. The normalized spacial score (nSPS) is 17.0. The van der Waals surface area contributed by atoms with E-state index in [1.54, 1.807) is 30.3 Å². The minimum absolute atomic E-state index is 0.0265. The maximum Gasteiger partial charge on any atom is 0.244 e. The summed E-state index contributed by atoms with van der Waals surface area (Å²) in [7, 11) is 0. The Morgan fingerprint density at radius 3 is 1.69 bits per heavy atom. The van der Waals surface area contributed by atoms with E-state index >= 15 is 0 Å². The van der Waals surface area contributed by atoms with E-state index in [1.165, 1.54) is 12.1 Å². The van der Waals surface area contributed by atoms with Crippen molar-refractivity contribution < 1.29 is 47.8 Å². The molecule has 6 rings (SSSR count). The standard InChI is InChI=1S/C34H38FNO9/c1-18(2)7-21(37)14-40-27-12-31-29(42-16-44-31)10-24(27)34(23-6-5-20(35)9-26(23)36-33(34)39)25-11-30-32(45-17-43-30)13-28(25)41-15-22(38)8-19(3)4/h5-6,9-13,18-19,21-22,37-38H,7-8,14-17H2,1-4H3,(H,36,39)/t21-,22-/m1/s1. The molecule has 10 nitrogen and oxygen atoms in total. The van der Waals surface area contributed by atoms with Crippen LogP contribution in [0.4, 0.5) is 10.1 Å². The maximum absolute atomic E-state index is 14.6. The minimum atomic E-state index is -1.68. The van der Waals surface area contributed by atoms with Crippen LogP contribution in [0.2, 0.25) is 0 Å². The van der Waals surface area contributed by atoms with Gasteiger partial charge in [0.1, 0.15) is 35.9 Å². The fourth-order valence-electron chi connectivity index (χ4n) is 6.23. The average molecular weight is 624 g/mol. The third-order valence-corrected chi connectivity index (χ3v) is 8.08. The van der Waals surface area contributed by atoms with Crippen molar-refractivity contribution in [2.45, 2.75) is 58.2 Å². The molecule has 3 aromatic rings. The molecule has 240 valence electrons. The van der Waals surface area contributed by atoms with E-state index in [2.05, 4.69) is 5.32 Å². The summed E-state index contributed by atoms with van der Waals surface area (Å²) in [5, 5.41) is 24.3. The lowest BCUT2D eigenvalue weighted by atomic mass is 9.69. The second-order valence-corrected chi connectivity index (χ2v) is 12.5. The monoisotopic (exact) mass is 623 g/mol. The highest BCUT2D eigenvalue weighted by Crippen LogP contribution is 2.57. The number of hydrogen-bond donors (Lipinski definition) is 3. The van der Waals surface area contributed by atoms with Crippen LogP contribution in [0.3, 0.4) is 0 Å². The molecule has 0 unspecified atom stereocenters. The molecule has 0 saturated carbocycles. The van der Waals surface area contributed by atoms with Crippen LogP contribution in [0, 0.1) is 17.7 Å². The topological polar surface area (TPSA) is 125 Å². The molecule has 0 fully saturated rings. The number of amides is 1.